The number of benzene rings is 2. The van der Waals surface area contributed by atoms with Crippen molar-refractivity contribution in [1.29, 1.82) is 0 Å². The molecule has 3 rings (SSSR count). The molecule has 0 radical (unpaired) electrons. The third-order valence-corrected chi connectivity index (χ3v) is 6.33. The monoisotopic (exact) mass is 526 g/mol. The van der Waals surface area contributed by atoms with Gasteiger partial charge in [-0.1, -0.05) is 29.4 Å². The summed E-state index contributed by atoms with van der Waals surface area (Å²) in [7, 11) is 3.07. The van der Waals surface area contributed by atoms with Gasteiger partial charge in [0.05, 0.1) is 34.2 Å². The van der Waals surface area contributed by atoms with Gasteiger partial charge in [-0.25, -0.2) is 0 Å². The Bertz CT molecular complexity index is 1090. The van der Waals surface area contributed by atoms with E-state index in [2.05, 4.69) is 21.4 Å². The average Bonchev–Trinajstić information content (AvgIpc) is 2.94. The Labute approximate surface area is 196 Å². The van der Waals surface area contributed by atoms with Crippen LogP contribution in [0.15, 0.2) is 39.7 Å². The summed E-state index contributed by atoms with van der Waals surface area (Å²) in [4.78, 5) is 25.8. The van der Waals surface area contributed by atoms with Gasteiger partial charge in [0, 0.05) is 0 Å². The highest BCUT2D eigenvalue weighted by Gasteiger charge is 2.34. The number of thioether (sulfide) groups is 1. The van der Waals surface area contributed by atoms with Gasteiger partial charge < -0.3 is 9.47 Å². The summed E-state index contributed by atoms with van der Waals surface area (Å²) >= 11 is 15.9. The van der Waals surface area contributed by atoms with Crippen molar-refractivity contribution in [1.82, 2.24) is 10.4 Å². The highest BCUT2D eigenvalue weighted by Crippen LogP contribution is 2.38. The van der Waals surface area contributed by atoms with Gasteiger partial charge >= 0.3 is 0 Å². The Balaban J connectivity index is 1.84. The van der Waals surface area contributed by atoms with E-state index < -0.39 is 11.8 Å². The predicted octanol–water partition coefficient (Wildman–Crippen LogP) is 4.97. The Kier molecular flexibility index (Phi) is 7.07. The van der Waals surface area contributed by atoms with Gasteiger partial charge in [0.15, 0.2) is 15.8 Å². The first-order valence-corrected chi connectivity index (χ1v) is 10.9. The van der Waals surface area contributed by atoms with E-state index in [1.807, 2.05) is 6.92 Å². The molecule has 0 unspecified atom stereocenters. The van der Waals surface area contributed by atoms with Gasteiger partial charge in [-0.3, -0.25) is 15.0 Å². The molecule has 0 saturated carbocycles. The lowest BCUT2D eigenvalue weighted by atomic mass is 10.1. The number of amides is 2. The van der Waals surface area contributed by atoms with Gasteiger partial charge in [0.2, 0.25) is 0 Å². The number of thiocarbonyl (C=S) groups is 1. The highest BCUT2D eigenvalue weighted by molar-refractivity contribution is 9.10. The van der Waals surface area contributed by atoms with Crippen molar-refractivity contribution in [3.63, 3.8) is 0 Å². The minimum Gasteiger partial charge on any atom is -0.493 e. The van der Waals surface area contributed by atoms with Gasteiger partial charge in [-0.15, -0.1) is 0 Å². The Morgan fingerprint density at radius 2 is 2.00 bits per heavy atom. The number of halogens is 2. The third kappa shape index (κ3) is 4.64. The first-order chi connectivity index (χ1) is 14.2. The topological polar surface area (TPSA) is 67.9 Å². The van der Waals surface area contributed by atoms with Crippen LogP contribution < -0.4 is 14.9 Å². The lowest BCUT2D eigenvalue weighted by Gasteiger charge is -2.16. The smallest absolute Gasteiger partial charge is 0.285 e. The molecule has 1 saturated heterocycles. The van der Waals surface area contributed by atoms with Crippen molar-refractivity contribution < 1.29 is 19.1 Å². The zero-order valence-electron chi connectivity index (χ0n) is 16.1. The summed E-state index contributed by atoms with van der Waals surface area (Å²) in [5.41, 5.74) is 4.40. The fourth-order valence-electron chi connectivity index (χ4n) is 2.70. The normalized spacial score (nSPS) is 15.0. The fourth-order valence-corrected chi connectivity index (χ4v) is 4.82. The summed E-state index contributed by atoms with van der Waals surface area (Å²) in [6.45, 7) is 1.87. The second-order valence-corrected chi connectivity index (χ2v) is 9.12. The van der Waals surface area contributed by atoms with Crippen LogP contribution in [0.5, 0.6) is 11.5 Å². The molecule has 1 heterocycles. The van der Waals surface area contributed by atoms with E-state index in [-0.39, 0.29) is 9.88 Å². The third-order valence-electron chi connectivity index (χ3n) is 4.13. The maximum atomic E-state index is 12.8. The quantitative estimate of drug-likeness (QED) is 0.437. The van der Waals surface area contributed by atoms with Gasteiger partial charge in [0.1, 0.15) is 0 Å². The summed E-state index contributed by atoms with van der Waals surface area (Å²) in [5.74, 6) is 0.0965. The van der Waals surface area contributed by atoms with Gasteiger partial charge in [-0.05, 0) is 76.5 Å². The lowest BCUT2D eigenvalue weighted by Crippen LogP contribution is -2.44. The van der Waals surface area contributed by atoms with Crippen LogP contribution in [0.3, 0.4) is 0 Å². The summed E-state index contributed by atoms with van der Waals surface area (Å²) in [6.07, 6.45) is 1.66. The molecule has 6 nitrogen and oxygen atoms in total. The van der Waals surface area contributed by atoms with E-state index in [9.17, 15) is 9.59 Å². The van der Waals surface area contributed by atoms with Crippen molar-refractivity contribution in [2.24, 2.45) is 0 Å². The van der Waals surface area contributed by atoms with Crippen LogP contribution in [0.4, 0.5) is 0 Å². The molecule has 1 N–H and O–H groups in total. The van der Waals surface area contributed by atoms with Crippen molar-refractivity contribution in [3.05, 3.63) is 61.4 Å². The molecule has 1 aliphatic heterocycles. The molecule has 2 aromatic carbocycles. The van der Waals surface area contributed by atoms with Crippen molar-refractivity contribution in [3.8, 4) is 11.5 Å². The molecular formula is C20H16BrClN2O4S2. The Morgan fingerprint density at radius 1 is 1.27 bits per heavy atom. The number of aryl methyl sites for hydroxylation is 1. The zero-order chi connectivity index (χ0) is 22.0. The largest absolute Gasteiger partial charge is 0.493 e. The molecular weight excluding hydrogens is 512 g/mol. The number of carbonyl (C=O) groups is 2. The average molecular weight is 528 g/mol. The first-order valence-electron chi connectivity index (χ1n) is 8.51. The van der Waals surface area contributed by atoms with Gasteiger partial charge in [-0.2, -0.15) is 5.01 Å². The molecule has 0 aromatic heterocycles. The molecule has 0 aliphatic carbocycles. The number of nitrogens with zero attached hydrogens (tertiary/aromatic N) is 1. The number of methoxy groups -OCH3 is 2. The maximum Gasteiger partial charge on any atom is 0.285 e. The van der Waals surface area contributed by atoms with Crippen molar-refractivity contribution in [2.45, 2.75) is 6.92 Å². The molecule has 1 fully saturated rings. The van der Waals surface area contributed by atoms with Crippen molar-refractivity contribution >= 4 is 73.7 Å². The van der Waals surface area contributed by atoms with Crippen LogP contribution in [-0.4, -0.2) is 35.4 Å². The SMILES string of the molecule is COc1cc(/C=C2/SC(=S)N(NC(=O)c3ccc(C)cc3Cl)C2=O)cc(Br)c1OC. The van der Waals surface area contributed by atoms with Crippen LogP contribution in [0.25, 0.3) is 6.08 Å². The van der Waals surface area contributed by atoms with Crippen LogP contribution in [0.2, 0.25) is 5.02 Å². The summed E-state index contributed by atoms with van der Waals surface area (Å²) < 4.78 is 11.5. The van der Waals surface area contributed by atoms with E-state index >= 15 is 0 Å². The maximum absolute atomic E-state index is 12.8. The minimum absolute atomic E-state index is 0.211. The first kappa shape index (κ1) is 22.6. The van der Waals surface area contributed by atoms with E-state index in [1.165, 1.54) is 14.2 Å². The second kappa shape index (κ2) is 9.38. The van der Waals surface area contributed by atoms with Crippen molar-refractivity contribution in [2.75, 3.05) is 14.2 Å². The minimum atomic E-state index is -0.522. The summed E-state index contributed by atoms with van der Waals surface area (Å²) in [5, 5.41) is 1.34. The van der Waals surface area contributed by atoms with E-state index in [1.54, 1.807) is 36.4 Å². The number of hydrogen-bond donors (Lipinski definition) is 1. The number of hydrazine groups is 1. The molecule has 10 heteroatoms. The van der Waals surface area contributed by atoms with Crippen LogP contribution in [0, 0.1) is 6.92 Å². The number of hydrogen-bond acceptors (Lipinski definition) is 6. The Hall–Kier alpha value is -2.07. The fraction of sp³-hybridized carbons (Fsp3) is 0.150. The standard InChI is InChI=1S/C20H16BrClN2O4S2/c1-10-4-5-12(14(22)6-10)18(25)23-24-19(26)16(30-20(24)29)9-11-7-13(21)17(28-3)15(8-11)27-2/h4-9H,1-3H3,(H,23,25)/b16-9+. The molecule has 2 amide bonds. The number of nitrogens with one attached hydrogen (secondary N) is 1. The van der Waals surface area contributed by atoms with Gasteiger partial charge in [0.25, 0.3) is 11.8 Å². The Morgan fingerprint density at radius 3 is 2.63 bits per heavy atom. The molecule has 0 atom stereocenters. The molecule has 1 aliphatic rings. The molecule has 156 valence electrons. The highest BCUT2D eigenvalue weighted by atomic mass is 79.9. The van der Waals surface area contributed by atoms with E-state index in [0.717, 1.165) is 22.3 Å². The van der Waals surface area contributed by atoms with E-state index in [4.69, 9.17) is 33.3 Å². The molecule has 2 aromatic rings. The summed E-state index contributed by atoms with van der Waals surface area (Å²) in [6, 6.07) is 8.57. The molecule has 0 spiro atoms. The number of rotatable bonds is 5. The van der Waals surface area contributed by atoms with Crippen LogP contribution in [-0.2, 0) is 4.79 Å². The van der Waals surface area contributed by atoms with Crippen LogP contribution in [0.1, 0.15) is 21.5 Å². The van der Waals surface area contributed by atoms with E-state index in [0.29, 0.717) is 31.5 Å². The zero-order valence-corrected chi connectivity index (χ0v) is 20.1. The van der Waals surface area contributed by atoms with Crippen LogP contribution >= 0.6 is 51.5 Å². The second-order valence-electron chi connectivity index (χ2n) is 6.18. The predicted molar refractivity (Wildman–Crippen MR) is 126 cm³/mol. The number of ether oxygens (including phenoxy) is 2. The molecule has 0 bridgehead atoms. The number of carbonyl (C=O) groups excluding carboxylic acids is 2. The molecule has 30 heavy (non-hydrogen) atoms. The lowest BCUT2D eigenvalue weighted by molar-refractivity contribution is -0.123.